The number of carbonyl (C=O) groups is 1. The topological polar surface area (TPSA) is 34.9 Å². The Bertz CT molecular complexity index is 883. The molecule has 0 aliphatic rings. The third kappa shape index (κ3) is 1.59. The van der Waals surface area contributed by atoms with Crippen LogP contribution in [0.1, 0.15) is 9.23 Å². The van der Waals surface area contributed by atoms with Crippen LogP contribution in [0.15, 0.2) is 54.7 Å². The number of hydrogen-bond acceptors (Lipinski definition) is 2. The summed E-state index contributed by atoms with van der Waals surface area (Å²) < 4.78 is 4.20. The minimum absolute atomic E-state index is 0.0496. The Morgan fingerprint density at radius 1 is 1.00 bits per heavy atom. The van der Waals surface area contributed by atoms with Gasteiger partial charge in [-0.2, -0.15) is 0 Å². The molecule has 0 saturated carbocycles. The summed E-state index contributed by atoms with van der Waals surface area (Å²) in [7, 11) is 0. The van der Waals surface area contributed by atoms with E-state index >= 15 is 0 Å². The van der Waals surface area contributed by atoms with Crippen molar-refractivity contribution in [2.24, 2.45) is 0 Å². The molecule has 4 rings (SSSR count). The van der Waals surface area contributed by atoms with Gasteiger partial charge in [-0.3, -0.25) is 0 Å². The summed E-state index contributed by atoms with van der Waals surface area (Å²) >= 11 is 0.0496. The second-order valence-electron chi connectivity index (χ2n) is 4.52. The van der Waals surface area contributed by atoms with E-state index in [1.54, 1.807) is 0 Å². The summed E-state index contributed by atoms with van der Waals surface area (Å²) in [5.41, 5.74) is 2.11. The van der Waals surface area contributed by atoms with Gasteiger partial charge in [-0.05, 0) is 0 Å². The fourth-order valence-electron chi connectivity index (χ4n) is 2.54. The van der Waals surface area contributed by atoms with Crippen LogP contribution in [0.2, 0.25) is 0 Å². The van der Waals surface area contributed by atoms with Crippen molar-refractivity contribution in [3.05, 3.63) is 59.2 Å². The van der Waals surface area contributed by atoms with Gasteiger partial charge >= 0.3 is 121 Å². The number of hydrogen-bond donors (Lipinski definition) is 0. The maximum atomic E-state index is 10.9. The van der Waals surface area contributed by atoms with Crippen molar-refractivity contribution < 1.29 is 4.79 Å². The van der Waals surface area contributed by atoms with Gasteiger partial charge in [0.2, 0.25) is 0 Å². The van der Waals surface area contributed by atoms with Crippen LogP contribution in [0.25, 0.3) is 26.5 Å². The molecular formula is C16H10N2OSe. The molecule has 3 heterocycles. The number of pyridine rings is 1. The Balaban J connectivity index is 2.17. The van der Waals surface area contributed by atoms with Crippen LogP contribution in [0.5, 0.6) is 0 Å². The van der Waals surface area contributed by atoms with Crippen molar-refractivity contribution >= 4 is 42.7 Å². The van der Waals surface area contributed by atoms with Crippen LogP contribution in [0, 0.1) is 0 Å². The Hall–Kier alpha value is -2.16. The number of nitrogens with zero attached hydrogens (tertiary/aromatic N) is 2. The van der Waals surface area contributed by atoms with Crippen LogP contribution in [-0.4, -0.2) is 30.3 Å². The van der Waals surface area contributed by atoms with Gasteiger partial charge in [-0.25, -0.2) is 0 Å². The van der Waals surface area contributed by atoms with Crippen molar-refractivity contribution in [1.29, 1.82) is 0 Å². The standard InChI is InChI=1S/C16H10N2OSe/c19-10-11-7-8-15(20-11)18-14-6-2-1-4-12(14)13-5-3-9-17-16(13)18/h1-10H. The number of rotatable bonds is 2. The van der Waals surface area contributed by atoms with Crippen molar-refractivity contribution in [2.45, 2.75) is 0 Å². The first-order valence-electron chi connectivity index (χ1n) is 6.28. The Kier molecular flexibility index (Phi) is 2.59. The number of aromatic nitrogens is 2. The molecule has 4 aromatic rings. The van der Waals surface area contributed by atoms with Gasteiger partial charge in [0.05, 0.1) is 0 Å². The van der Waals surface area contributed by atoms with E-state index < -0.39 is 0 Å². The van der Waals surface area contributed by atoms with Crippen molar-refractivity contribution in [1.82, 2.24) is 9.55 Å². The Morgan fingerprint density at radius 3 is 2.70 bits per heavy atom. The zero-order valence-electron chi connectivity index (χ0n) is 10.5. The second kappa shape index (κ2) is 4.44. The molecule has 1 aromatic carbocycles. The summed E-state index contributed by atoms with van der Waals surface area (Å²) in [4.78, 5) is 15.5. The van der Waals surface area contributed by atoms with Gasteiger partial charge in [0.15, 0.2) is 0 Å². The Morgan fingerprint density at radius 2 is 1.85 bits per heavy atom. The molecule has 3 aromatic heterocycles. The quantitative estimate of drug-likeness (QED) is 0.419. The molecule has 0 saturated heterocycles. The Labute approximate surface area is 121 Å². The van der Waals surface area contributed by atoms with Gasteiger partial charge in [0.1, 0.15) is 0 Å². The van der Waals surface area contributed by atoms with Crippen molar-refractivity contribution in [3.8, 4) is 4.56 Å². The number of benzene rings is 1. The molecule has 0 spiro atoms. The third-order valence-electron chi connectivity index (χ3n) is 3.38. The average Bonchev–Trinajstić information content (AvgIpc) is 3.09. The molecule has 0 aliphatic heterocycles. The molecule has 0 aliphatic carbocycles. The van der Waals surface area contributed by atoms with Crippen molar-refractivity contribution in [2.75, 3.05) is 0 Å². The van der Waals surface area contributed by atoms with E-state index in [9.17, 15) is 4.79 Å². The summed E-state index contributed by atoms with van der Waals surface area (Å²) in [6.45, 7) is 0. The summed E-state index contributed by atoms with van der Waals surface area (Å²) in [5.74, 6) is 0. The van der Waals surface area contributed by atoms with Gasteiger partial charge in [-0.15, -0.1) is 0 Å². The fraction of sp³-hybridized carbons (Fsp3) is 0. The zero-order valence-corrected chi connectivity index (χ0v) is 12.2. The molecule has 0 N–H and O–H groups in total. The first kappa shape index (κ1) is 11.6. The molecule has 20 heavy (non-hydrogen) atoms. The van der Waals surface area contributed by atoms with Gasteiger partial charge < -0.3 is 0 Å². The monoisotopic (exact) mass is 326 g/mol. The summed E-state index contributed by atoms with van der Waals surface area (Å²) in [6.07, 6.45) is 2.76. The van der Waals surface area contributed by atoms with Gasteiger partial charge in [0.25, 0.3) is 0 Å². The molecule has 96 valence electrons. The van der Waals surface area contributed by atoms with E-state index in [2.05, 4.69) is 27.8 Å². The first-order chi connectivity index (χ1) is 9.88. The zero-order chi connectivity index (χ0) is 13.5. The normalized spacial score (nSPS) is 11.2. The van der Waals surface area contributed by atoms with E-state index in [1.807, 2.05) is 36.5 Å². The van der Waals surface area contributed by atoms with Crippen molar-refractivity contribution in [3.63, 3.8) is 0 Å². The maximum absolute atomic E-state index is 10.9. The average molecular weight is 325 g/mol. The SMILES string of the molecule is O=Cc1ccc(-n2c3ccccc3c3cccnc32)[se]1. The van der Waals surface area contributed by atoms with E-state index in [4.69, 9.17) is 0 Å². The van der Waals surface area contributed by atoms with Crippen LogP contribution in [-0.2, 0) is 0 Å². The fourth-order valence-corrected chi connectivity index (χ4v) is 4.30. The minimum atomic E-state index is 0.0496. The molecule has 4 heteroatoms. The molecular weight excluding hydrogens is 315 g/mol. The first-order valence-corrected chi connectivity index (χ1v) is 7.99. The second-order valence-corrected chi connectivity index (χ2v) is 6.82. The van der Waals surface area contributed by atoms with Crippen LogP contribution in [0.4, 0.5) is 0 Å². The molecule has 0 amide bonds. The summed E-state index contributed by atoms with van der Waals surface area (Å²) in [5, 5.41) is 2.35. The van der Waals surface area contributed by atoms with Gasteiger partial charge in [-0.1, -0.05) is 0 Å². The molecule has 0 atom stereocenters. The van der Waals surface area contributed by atoms with E-state index in [1.165, 1.54) is 5.39 Å². The number of aldehydes is 1. The predicted molar refractivity (Wildman–Crippen MR) is 80.9 cm³/mol. The predicted octanol–water partition coefficient (Wildman–Crippen LogP) is 3.05. The summed E-state index contributed by atoms with van der Waals surface area (Å²) in [6, 6.07) is 16.3. The van der Waals surface area contributed by atoms with E-state index in [0.29, 0.717) is 0 Å². The molecule has 0 bridgehead atoms. The van der Waals surface area contributed by atoms with Crippen LogP contribution in [0.3, 0.4) is 0 Å². The molecule has 0 fully saturated rings. The van der Waals surface area contributed by atoms with Crippen LogP contribution >= 0.6 is 0 Å². The molecule has 0 unspecified atom stereocenters. The number of para-hydroxylation sites is 1. The number of fused-ring (bicyclic) bond motifs is 3. The van der Waals surface area contributed by atoms with Gasteiger partial charge in [0, 0.05) is 0 Å². The van der Waals surface area contributed by atoms with E-state index in [0.717, 1.165) is 31.8 Å². The number of carbonyl (C=O) groups excluding carboxylic acids is 1. The molecule has 3 nitrogen and oxygen atoms in total. The van der Waals surface area contributed by atoms with Crippen LogP contribution < -0.4 is 0 Å². The van der Waals surface area contributed by atoms with E-state index in [-0.39, 0.29) is 14.5 Å². The molecule has 0 radical (unpaired) electrons. The third-order valence-corrected chi connectivity index (χ3v) is 5.47.